The molecule has 0 N–H and O–H groups in total. The van der Waals surface area contributed by atoms with Crippen molar-refractivity contribution < 1.29 is 4.65 Å². The Morgan fingerprint density at radius 3 is 2.12 bits per heavy atom. The molecule has 2 heteroatoms. The first-order valence-electron chi connectivity index (χ1n) is 3.11. The fourth-order valence-electron chi connectivity index (χ4n) is 0.617. The third kappa shape index (κ3) is 2.72. The summed E-state index contributed by atoms with van der Waals surface area (Å²) in [4.78, 5) is 0. The van der Waals surface area contributed by atoms with E-state index in [0.717, 1.165) is 12.6 Å². The summed E-state index contributed by atoms with van der Waals surface area (Å²) in [5.41, 5.74) is 0. The second kappa shape index (κ2) is 4.76. The lowest BCUT2D eigenvalue weighted by Crippen LogP contribution is -2.10. The molecule has 1 nitrogen and oxygen atoms in total. The van der Waals surface area contributed by atoms with Crippen LogP contribution in [-0.2, 0) is 4.65 Å². The molecule has 0 rings (SSSR count). The van der Waals surface area contributed by atoms with E-state index in [1.54, 1.807) is 0 Å². The Morgan fingerprint density at radius 1 is 1.50 bits per heavy atom. The Bertz CT molecular complexity index is 59.5. The van der Waals surface area contributed by atoms with Crippen LogP contribution in [0.5, 0.6) is 0 Å². The van der Waals surface area contributed by atoms with Gasteiger partial charge in [0, 0.05) is 0 Å². The van der Waals surface area contributed by atoms with Crippen LogP contribution < -0.4 is 0 Å². The van der Waals surface area contributed by atoms with Crippen LogP contribution in [0.3, 0.4) is 0 Å². The summed E-state index contributed by atoms with van der Waals surface area (Å²) in [6.45, 7) is 8.07. The smallest absolute Gasteiger partial charge is 0.356 e. The normalized spacial score (nSPS) is 8.25. The molecule has 0 spiro atoms. The van der Waals surface area contributed by atoms with Gasteiger partial charge in [0.25, 0.3) is 0 Å². The molecule has 0 amide bonds. The van der Waals surface area contributed by atoms with Gasteiger partial charge in [0.2, 0.25) is 0 Å². The Morgan fingerprint density at radius 2 is 2.00 bits per heavy atom. The van der Waals surface area contributed by atoms with Gasteiger partial charge in [0.1, 0.15) is 0 Å². The largest absolute Gasteiger partial charge is 0.566 e. The second-order valence-corrected chi connectivity index (χ2v) is 1.74. The van der Waals surface area contributed by atoms with Gasteiger partial charge in [-0.1, -0.05) is 20.4 Å². The molecule has 0 heterocycles. The van der Waals surface area contributed by atoms with Crippen LogP contribution in [0, 0.1) is 0 Å². The summed E-state index contributed by atoms with van der Waals surface area (Å²) in [6, 6.07) is 0. The lowest BCUT2D eigenvalue weighted by Gasteiger charge is -2.04. The van der Waals surface area contributed by atoms with Crippen molar-refractivity contribution in [1.29, 1.82) is 0 Å². The van der Waals surface area contributed by atoms with Gasteiger partial charge in [-0.05, 0) is 12.6 Å². The average Bonchev–Trinajstić information content (AvgIpc) is 1.83. The first-order chi connectivity index (χ1) is 3.85. The SMILES string of the molecule is C=COB(CC)CC. The standard InChI is InChI=1S/C6H13BO/c1-4-7(5-2)8-6-3/h6H,3-5H2,1-2H3. The van der Waals surface area contributed by atoms with E-state index < -0.39 is 0 Å². The van der Waals surface area contributed by atoms with Crippen LogP contribution in [-0.4, -0.2) is 6.92 Å². The van der Waals surface area contributed by atoms with Crippen LogP contribution >= 0.6 is 0 Å². The molecule has 0 saturated carbocycles. The highest BCUT2D eigenvalue weighted by Gasteiger charge is 2.07. The zero-order chi connectivity index (χ0) is 6.41. The van der Waals surface area contributed by atoms with Crippen molar-refractivity contribution in [2.45, 2.75) is 26.5 Å². The number of rotatable bonds is 4. The van der Waals surface area contributed by atoms with E-state index in [0.29, 0.717) is 6.92 Å². The van der Waals surface area contributed by atoms with Gasteiger partial charge in [0.15, 0.2) is 0 Å². The molecule has 0 radical (unpaired) electrons. The Labute approximate surface area is 51.8 Å². The molecule has 0 fully saturated rings. The van der Waals surface area contributed by atoms with Gasteiger partial charge >= 0.3 is 6.92 Å². The molecule has 0 aliphatic carbocycles. The molecule has 46 valence electrons. The van der Waals surface area contributed by atoms with E-state index in [9.17, 15) is 0 Å². The summed E-state index contributed by atoms with van der Waals surface area (Å²) in [5.74, 6) is 0. The maximum absolute atomic E-state index is 5.10. The van der Waals surface area contributed by atoms with E-state index in [-0.39, 0.29) is 0 Å². The maximum Gasteiger partial charge on any atom is 0.356 e. The third-order valence-electron chi connectivity index (χ3n) is 1.20. The molecule has 0 unspecified atom stereocenters. The van der Waals surface area contributed by atoms with Crippen molar-refractivity contribution in [1.82, 2.24) is 0 Å². The first kappa shape index (κ1) is 7.60. The number of hydrogen-bond acceptors (Lipinski definition) is 1. The molecule has 0 aromatic carbocycles. The molecule has 0 aromatic heterocycles. The van der Waals surface area contributed by atoms with Gasteiger partial charge in [-0.25, -0.2) is 0 Å². The van der Waals surface area contributed by atoms with Crippen molar-refractivity contribution in [3.05, 3.63) is 12.8 Å². The topological polar surface area (TPSA) is 9.23 Å². The molecule has 0 saturated heterocycles. The van der Waals surface area contributed by atoms with Crippen LogP contribution in [0.15, 0.2) is 12.8 Å². The Balaban J connectivity index is 3.20. The fourth-order valence-corrected chi connectivity index (χ4v) is 0.617. The molecule has 0 bridgehead atoms. The van der Waals surface area contributed by atoms with Crippen LogP contribution in [0.1, 0.15) is 13.8 Å². The summed E-state index contributed by atoms with van der Waals surface area (Å²) >= 11 is 0. The van der Waals surface area contributed by atoms with Gasteiger partial charge in [0.05, 0.1) is 6.26 Å². The minimum Gasteiger partial charge on any atom is -0.566 e. The quantitative estimate of drug-likeness (QED) is 0.400. The Kier molecular flexibility index (Phi) is 4.52. The van der Waals surface area contributed by atoms with Gasteiger partial charge < -0.3 is 4.65 Å². The maximum atomic E-state index is 5.10. The first-order valence-corrected chi connectivity index (χ1v) is 3.11. The van der Waals surface area contributed by atoms with Crippen molar-refractivity contribution in [2.24, 2.45) is 0 Å². The lowest BCUT2D eigenvalue weighted by molar-refractivity contribution is 0.491. The Hall–Kier alpha value is -0.395. The zero-order valence-electron chi connectivity index (χ0n) is 5.68. The average molecular weight is 112 g/mol. The van der Waals surface area contributed by atoms with E-state index >= 15 is 0 Å². The minimum absolute atomic E-state index is 0.382. The second-order valence-electron chi connectivity index (χ2n) is 1.74. The molecule has 0 aliphatic rings. The van der Waals surface area contributed by atoms with E-state index in [1.165, 1.54) is 6.26 Å². The minimum atomic E-state index is 0.382. The lowest BCUT2D eigenvalue weighted by atomic mass is 9.63. The fraction of sp³-hybridized carbons (Fsp3) is 0.667. The molecular weight excluding hydrogens is 98.9 g/mol. The zero-order valence-corrected chi connectivity index (χ0v) is 5.68. The van der Waals surface area contributed by atoms with E-state index in [4.69, 9.17) is 4.65 Å². The number of hydrogen-bond donors (Lipinski definition) is 0. The van der Waals surface area contributed by atoms with Crippen LogP contribution in [0.2, 0.25) is 12.6 Å². The van der Waals surface area contributed by atoms with Crippen molar-refractivity contribution in [3.8, 4) is 0 Å². The predicted octanol–water partition coefficient (Wildman–Crippen LogP) is 2.18. The molecule has 0 atom stereocenters. The van der Waals surface area contributed by atoms with Crippen molar-refractivity contribution in [3.63, 3.8) is 0 Å². The van der Waals surface area contributed by atoms with Crippen molar-refractivity contribution in [2.75, 3.05) is 0 Å². The monoisotopic (exact) mass is 112 g/mol. The van der Waals surface area contributed by atoms with Gasteiger partial charge in [-0.2, -0.15) is 0 Å². The van der Waals surface area contributed by atoms with Crippen LogP contribution in [0.4, 0.5) is 0 Å². The van der Waals surface area contributed by atoms with E-state index in [1.807, 2.05) is 0 Å². The van der Waals surface area contributed by atoms with Crippen molar-refractivity contribution >= 4 is 6.92 Å². The molecule has 8 heavy (non-hydrogen) atoms. The summed E-state index contributed by atoms with van der Waals surface area (Å²) in [7, 11) is 0. The molecule has 0 aliphatic heterocycles. The van der Waals surface area contributed by atoms with Gasteiger partial charge in [-0.3, -0.25) is 0 Å². The molecule has 0 aromatic rings. The summed E-state index contributed by atoms with van der Waals surface area (Å²) < 4.78 is 5.10. The highest BCUT2D eigenvalue weighted by atomic mass is 16.4. The molecular formula is C6H13BO. The van der Waals surface area contributed by atoms with Crippen LogP contribution in [0.25, 0.3) is 0 Å². The third-order valence-corrected chi connectivity index (χ3v) is 1.20. The summed E-state index contributed by atoms with van der Waals surface area (Å²) in [6.07, 6.45) is 3.66. The highest BCUT2D eigenvalue weighted by molar-refractivity contribution is 6.51. The van der Waals surface area contributed by atoms with E-state index in [2.05, 4.69) is 20.4 Å². The predicted molar refractivity (Wildman–Crippen MR) is 38.0 cm³/mol. The van der Waals surface area contributed by atoms with Gasteiger partial charge in [-0.15, -0.1) is 0 Å². The summed E-state index contributed by atoms with van der Waals surface area (Å²) in [5, 5.41) is 0. The highest BCUT2D eigenvalue weighted by Crippen LogP contribution is 1.98.